The van der Waals surface area contributed by atoms with E-state index in [1.165, 1.54) is 4.90 Å². The van der Waals surface area contributed by atoms with Crippen LogP contribution in [0.1, 0.15) is 57.6 Å². The summed E-state index contributed by atoms with van der Waals surface area (Å²) >= 11 is 0. The fourth-order valence-corrected chi connectivity index (χ4v) is 4.46. The average molecular weight is 569 g/mol. The number of carbonyl (C=O) groups excluding carboxylic acids is 4. The third kappa shape index (κ3) is 9.89. The Labute approximate surface area is 241 Å². The van der Waals surface area contributed by atoms with Crippen LogP contribution in [0.4, 0.5) is 4.79 Å². The van der Waals surface area contributed by atoms with Gasteiger partial charge in [0.2, 0.25) is 5.91 Å². The molecule has 0 aliphatic carbocycles. The highest BCUT2D eigenvalue weighted by Gasteiger charge is 2.45. The summed E-state index contributed by atoms with van der Waals surface area (Å²) in [6.45, 7) is 5.08. The lowest BCUT2D eigenvalue weighted by atomic mass is 9.79. The van der Waals surface area contributed by atoms with Gasteiger partial charge < -0.3 is 29.5 Å². The van der Waals surface area contributed by atoms with Gasteiger partial charge in [-0.15, -0.1) is 0 Å². The van der Waals surface area contributed by atoms with Gasteiger partial charge in [-0.3, -0.25) is 9.59 Å². The molecule has 2 aromatic carbocycles. The minimum atomic E-state index is -1.35. The van der Waals surface area contributed by atoms with E-state index >= 15 is 0 Å². The molecule has 0 aromatic heterocycles. The lowest BCUT2D eigenvalue weighted by Crippen LogP contribution is -2.58. The first-order valence-electron chi connectivity index (χ1n) is 13.8. The molecule has 222 valence electrons. The molecule has 1 aliphatic rings. The number of likely N-dealkylation sites (tertiary alicyclic amines) is 1. The molecule has 3 rings (SSSR count). The Morgan fingerprint density at radius 3 is 2.10 bits per heavy atom. The second-order valence-corrected chi connectivity index (χ2v) is 11.2. The van der Waals surface area contributed by atoms with E-state index in [1.807, 2.05) is 48.5 Å². The van der Waals surface area contributed by atoms with Crippen LogP contribution in [0.2, 0.25) is 0 Å². The Balaban J connectivity index is 1.68. The quantitative estimate of drug-likeness (QED) is 0.310. The van der Waals surface area contributed by atoms with E-state index in [1.54, 1.807) is 32.9 Å². The number of esters is 2. The van der Waals surface area contributed by atoms with Gasteiger partial charge in [0.05, 0.1) is 12.0 Å². The van der Waals surface area contributed by atoms with Crippen LogP contribution in [-0.2, 0) is 41.8 Å². The summed E-state index contributed by atoms with van der Waals surface area (Å²) in [5.41, 5.74) is -0.479. The normalized spacial score (nSPS) is 17.7. The van der Waals surface area contributed by atoms with Crippen LogP contribution in [0.15, 0.2) is 60.7 Å². The van der Waals surface area contributed by atoms with Crippen molar-refractivity contribution in [1.82, 2.24) is 10.2 Å². The molecule has 0 spiro atoms. The first kappa shape index (κ1) is 31.6. The van der Waals surface area contributed by atoms with Crippen LogP contribution in [0.5, 0.6) is 0 Å². The number of hydrogen-bond donors (Lipinski definition) is 2. The molecule has 1 aliphatic heterocycles. The molecule has 10 heteroatoms. The molecule has 1 saturated heterocycles. The number of hydrogen-bond acceptors (Lipinski definition) is 8. The number of ether oxygens (including phenoxy) is 3. The second-order valence-electron chi connectivity index (χ2n) is 11.2. The van der Waals surface area contributed by atoms with Gasteiger partial charge in [-0.05, 0) is 51.2 Å². The maximum absolute atomic E-state index is 13.6. The SMILES string of the molecule is CC(C)(C)OC(=O)N1CCCC(CO)(C(=O)N[C@@H](CCC(=O)OCc2ccccc2)C(=O)OCc2ccccc2)C1. The highest BCUT2D eigenvalue weighted by Crippen LogP contribution is 2.31. The summed E-state index contributed by atoms with van der Waals surface area (Å²) < 4.78 is 16.3. The van der Waals surface area contributed by atoms with Gasteiger partial charge in [-0.2, -0.15) is 0 Å². The van der Waals surface area contributed by atoms with Crippen LogP contribution in [0, 0.1) is 5.41 Å². The molecule has 0 radical (unpaired) electrons. The van der Waals surface area contributed by atoms with Crippen LogP contribution >= 0.6 is 0 Å². The summed E-state index contributed by atoms with van der Waals surface area (Å²) in [6, 6.07) is 17.1. The van der Waals surface area contributed by atoms with Crippen molar-refractivity contribution in [2.24, 2.45) is 5.41 Å². The first-order chi connectivity index (χ1) is 19.5. The zero-order valence-corrected chi connectivity index (χ0v) is 24.0. The van der Waals surface area contributed by atoms with Gasteiger partial charge in [0, 0.05) is 19.5 Å². The van der Waals surface area contributed by atoms with Gasteiger partial charge in [0.25, 0.3) is 0 Å². The van der Waals surface area contributed by atoms with Gasteiger partial charge in [0.15, 0.2) is 0 Å². The lowest BCUT2D eigenvalue weighted by Gasteiger charge is -2.41. The third-order valence-corrected chi connectivity index (χ3v) is 6.71. The zero-order chi connectivity index (χ0) is 29.9. The number of aliphatic hydroxyl groups excluding tert-OH is 1. The van der Waals surface area contributed by atoms with Crippen LogP contribution < -0.4 is 5.32 Å². The third-order valence-electron chi connectivity index (χ3n) is 6.71. The van der Waals surface area contributed by atoms with E-state index in [2.05, 4.69) is 5.32 Å². The Kier molecular flexibility index (Phi) is 11.3. The summed E-state index contributed by atoms with van der Waals surface area (Å²) in [5.74, 6) is -1.85. The van der Waals surface area contributed by atoms with E-state index in [4.69, 9.17) is 14.2 Å². The van der Waals surface area contributed by atoms with Crippen molar-refractivity contribution in [3.8, 4) is 0 Å². The van der Waals surface area contributed by atoms with Crippen LogP contribution in [0.3, 0.4) is 0 Å². The number of benzene rings is 2. The highest BCUT2D eigenvalue weighted by atomic mass is 16.6. The van der Waals surface area contributed by atoms with Crippen molar-refractivity contribution in [2.75, 3.05) is 19.7 Å². The molecule has 1 unspecified atom stereocenters. The Morgan fingerprint density at radius 2 is 1.54 bits per heavy atom. The Morgan fingerprint density at radius 1 is 0.951 bits per heavy atom. The van der Waals surface area contributed by atoms with E-state index in [9.17, 15) is 24.3 Å². The fourth-order valence-electron chi connectivity index (χ4n) is 4.46. The molecule has 1 heterocycles. The highest BCUT2D eigenvalue weighted by molar-refractivity contribution is 5.89. The van der Waals surface area contributed by atoms with Crippen molar-refractivity contribution in [2.45, 2.75) is 71.3 Å². The monoisotopic (exact) mass is 568 g/mol. The number of aliphatic hydroxyl groups is 1. The predicted octanol–water partition coefficient (Wildman–Crippen LogP) is 3.75. The van der Waals surface area contributed by atoms with E-state index < -0.39 is 47.6 Å². The molecular formula is C31H40N2O8. The minimum Gasteiger partial charge on any atom is -0.461 e. The summed E-state index contributed by atoms with van der Waals surface area (Å²) in [4.78, 5) is 53.3. The van der Waals surface area contributed by atoms with Gasteiger partial charge in [-0.1, -0.05) is 60.7 Å². The number of nitrogens with zero attached hydrogens (tertiary/aromatic N) is 1. The molecule has 2 atom stereocenters. The van der Waals surface area contributed by atoms with Crippen molar-refractivity contribution >= 4 is 23.9 Å². The molecule has 2 aromatic rings. The summed E-state index contributed by atoms with van der Waals surface area (Å²) in [6.07, 6.45) is -0.0248. The average Bonchev–Trinajstić information content (AvgIpc) is 2.97. The zero-order valence-electron chi connectivity index (χ0n) is 24.0. The molecule has 0 bridgehead atoms. The standard InChI is InChI=1S/C31H40N2O8/c1-30(2,3)41-29(38)33-18-10-17-31(21-33,22-34)28(37)32-25(27(36)40-20-24-13-8-5-9-14-24)15-16-26(35)39-19-23-11-6-4-7-12-23/h4-9,11-14,25,34H,10,15-22H2,1-3H3,(H,32,37)/t25-,31?/m0/s1. The van der Waals surface area contributed by atoms with Gasteiger partial charge >= 0.3 is 18.0 Å². The molecule has 2 amide bonds. The number of nitrogens with one attached hydrogen (secondary N) is 1. The van der Waals surface area contributed by atoms with Crippen molar-refractivity contribution in [1.29, 1.82) is 0 Å². The predicted molar refractivity (Wildman–Crippen MR) is 150 cm³/mol. The number of rotatable bonds is 11. The van der Waals surface area contributed by atoms with E-state index in [0.717, 1.165) is 11.1 Å². The van der Waals surface area contributed by atoms with E-state index in [-0.39, 0.29) is 32.6 Å². The molecule has 10 nitrogen and oxygen atoms in total. The molecule has 41 heavy (non-hydrogen) atoms. The lowest BCUT2D eigenvalue weighted by molar-refractivity contribution is -0.153. The molecule has 2 N–H and O–H groups in total. The van der Waals surface area contributed by atoms with Crippen LogP contribution in [-0.4, -0.2) is 65.3 Å². The van der Waals surface area contributed by atoms with Crippen molar-refractivity contribution in [3.63, 3.8) is 0 Å². The number of carbonyl (C=O) groups is 4. The topological polar surface area (TPSA) is 131 Å². The maximum atomic E-state index is 13.6. The molecule has 1 fully saturated rings. The fraction of sp³-hybridized carbons (Fsp3) is 0.484. The van der Waals surface area contributed by atoms with Crippen LogP contribution in [0.25, 0.3) is 0 Å². The van der Waals surface area contributed by atoms with Crippen molar-refractivity contribution < 1.29 is 38.5 Å². The maximum Gasteiger partial charge on any atom is 0.410 e. The Hall–Kier alpha value is -3.92. The second kappa shape index (κ2) is 14.6. The largest absolute Gasteiger partial charge is 0.461 e. The van der Waals surface area contributed by atoms with Gasteiger partial charge in [0.1, 0.15) is 24.9 Å². The smallest absolute Gasteiger partial charge is 0.410 e. The number of amides is 2. The van der Waals surface area contributed by atoms with E-state index in [0.29, 0.717) is 19.4 Å². The Bertz CT molecular complexity index is 1170. The minimum absolute atomic E-state index is 0.0118. The first-order valence-corrected chi connectivity index (χ1v) is 13.8. The molecular weight excluding hydrogens is 528 g/mol. The summed E-state index contributed by atoms with van der Waals surface area (Å²) in [5, 5.41) is 13.0. The van der Waals surface area contributed by atoms with Crippen molar-refractivity contribution in [3.05, 3.63) is 71.8 Å². The molecule has 0 saturated carbocycles. The summed E-state index contributed by atoms with van der Waals surface area (Å²) in [7, 11) is 0. The number of piperidine rings is 1. The van der Waals surface area contributed by atoms with Gasteiger partial charge in [-0.25, -0.2) is 9.59 Å².